The van der Waals surface area contributed by atoms with Crippen LogP contribution in [-0.4, -0.2) is 24.6 Å². The van der Waals surface area contributed by atoms with Crippen LogP contribution in [0.3, 0.4) is 0 Å². The van der Waals surface area contributed by atoms with E-state index in [9.17, 15) is 14.0 Å². The number of Topliss-reactive ketones (excluding diaryl/α,β-unsaturated/α-hetero) is 1. The number of rotatable bonds is 7. The second-order valence-corrected chi connectivity index (χ2v) is 8.40. The molecule has 0 spiro atoms. The molecule has 30 heavy (non-hydrogen) atoms. The highest BCUT2D eigenvalue weighted by atomic mass is 127. The van der Waals surface area contributed by atoms with Crippen LogP contribution >= 0.6 is 38.8 Å². The van der Waals surface area contributed by atoms with E-state index in [-0.39, 0.29) is 35.2 Å². The Hall–Kier alpha value is -2.01. The van der Waals surface area contributed by atoms with E-state index >= 15 is 0 Å². The standard InChI is InChI=1S/C21H20BrFIN3O3/c1-30-16-5-2-14(3-6-16)25-19(28)10-12-8-13(9-12)20(29)21(27-24)26-15-4-7-18(23)17(22)11-15/h2-7,11-13H,8-10H2,1H3,(H,25,28)(H,26,27). The number of ether oxygens (including phenoxy) is 1. The quantitative estimate of drug-likeness (QED) is 0.259. The van der Waals surface area contributed by atoms with Gasteiger partial charge in [0.15, 0.2) is 5.84 Å². The van der Waals surface area contributed by atoms with Gasteiger partial charge in [-0.2, -0.15) is 3.21 Å². The minimum absolute atomic E-state index is 0.0758. The molecule has 6 nitrogen and oxygen atoms in total. The summed E-state index contributed by atoms with van der Waals surface area (Å²) in [7, 11) is 1.59. The van der Waals surface area contributed by atoms with Crippen LogP contribution in [0.25, 0.3) is 0 Å². The molecule has 2 aromatic carbocycles. The van der Waals surface area contributed by atoms with Crippen molar-refractivity contribution in [3.63, 3.8) is 0 Å². The van der Waals surface area contributed by atoms with Gasteiger partial charge in [0.05, 0.1) is 34.4 Å². The van der Waals surface area contributed by atoms with E-state index in [0.29, 0.717) is 35.1 Å². The Morgan fingerprint density at radius 3 is 2.43 bits per heavy atom. The summed E-state index contributed by atoms with van der Waals surface area (Å²) in [5.41, 5.74) is 1.28. The van der Waals surface area contributed by atoms with Crippen molar-refractivity contribution >= 4 is 67.7 Å². The number of hydrogen-bond acceptors (Lipinski definition) is 4. The van der Waals surface area contributed by atoms with Gasteiger partial charge in [0.25, 0.3) is 0 Å². The van der Waals surface area contributed by atoms with Crippen LogP contribution in [0.15, 0.2) is 50.1 Å². The first kappa shape index (κ1) is 22.7. The summed E-state index contributed by atoms with van der Waals surface area (Å²) in [5, 5.41) is 5.81. The second-order valence-electron chi connectivity index (χ2n) is 7.07. The highest BCUT2D eigenvalue weighted by Gasteiger charge is 2.37. The third kappa shape index (κ3) is 5.78. The van der Waals surface area contributed by atoms with Gasteiger partial charge in [0.1, 0.15) is 11.6 Å². The second kappa shape index (κ2) is 10.3. The molecule has 1 fully saturated rings. The summed E-state index contributed by atoms with van der Waals surface area (Å²) < 4.78 is 22.8. The Balaban J connectivity index is 1.47. The fraction of sp³-hybridized carbons (Fsp3) is 0.286. The number of amidine groups is 1. The predicted molar refractivity (Wildman–Crippen MR) is 127 cm³/mol. The van der Waals surface area contributed by atoms with E-state index in [1.54, 1.807) is 66.4 Å². The van der Waals surface area contributed by atoms with Gasteiger partial charge in [0.2, 0.25) is 11.7 Å². The molecule has 0 aliphatic heterocycles. The number of amides is 1. The summed E-state index contributed by atoms with van der Waals surface area (Å²) in [5.74, 6) is 0.378. The maximum Gasteiger partial charge on any atom is 0.224 e. The Labute approximate surface area is 196 Å². The minimum Gasteiger partial charge on any atom is -0.497 e. The number of methoxy groups -OCH3 is 1. The predicted octanol–water partition coefficient (Wildman–Crippen LogP) is 5.38. The lowest BCUT2D eigenvalue weighted by Gasteiger charge is -2.34. The van der Waals surface area contributed by atoms with Gasteiger partial charge < -0.3 is 15.4 Å². The van der Waals surface area contributed by atoms with Gasteiger partial charge in [-0.15, -0.1) is 0 Å². The van der Waals surface area contributed by atoms with Crippen molar-refractivity contribution in [2.75, 3.05) is 17.7 Å². The number of carbonyl (C=O) groups is 2. The third-order valence-corrected chi connectivity index (χ3v) is 6.04. The first-order chi connectivity index (χ1) is 14.4. The van der Waals surface area contributed by atoms with Gasteiger partial charge in [-0.1, -0.05) is 0 Å². The molecule has 9 heteroatoms. The van der Waals surface area contributed by atoms with Crippen LogP contribution in [0.1, 0.15) is 19.3 Å². The number of hydrogen-bond donors (Lipinski definition) is 2. The molecular formula is C21H20BrFIN3O3. The van der Waals surface area contributed by atoms with Crippen molar-refractivity contribution in [1.82, 2.24) is 0 Å². The molecule has 0 atom stereocenters. The molecule has 2 N–H and O–H groups in total. The molecule has 1 saturated carbocycles. The zero-order valence-electron chi connectivity index (χ0n) is 16.1. The number of benzene rings is 2. The van der Waals surface area contributed by atoms with Crippen LogP contribution in [0.5, 0.6) is 5.75 Å². The fourth-order valence-electron chi connectivity index (χ4n) is 3.29. The van der Waals surface area contributed by atoms with E-state index < -0.39 is 0 Å². The largest absolute Gasteiger partial charge is 0.497 e. The summed E-state index contributed by atoms with van der Waals surface area (Å²) in [6.45, 7) is 0. The minimum atomic E-state index is -0.380. The van der Waals surface area contributed by atoms with E-state index in [0.717, 1.165) is 5.75 Å². The molecular weight excluding hydrogens is 568 g/mol. The maximum absolute atomic E-state index is 13.4. The van der Waals surface area contributed by atoms with Gasteiger partial charge in [-0.3, -0.25) is 9.59 Å². The number of anilines is 2. The molecule has 1 aliphatic carbocycles. The molecule has 1 amide bonds. The average molecular weight is 588 g/mol. The summed E-state index contributed by atoms with van der Waals surface area (Å²) in [6.07, 6.45) is 1.64. The van der Waals surface area contributed by atoms with E-state index in [1.807, 2.05) is 0 Å². The van der Waals surface area contributed by atoms with Crippen LogP contribution in [0, 0.1) is 17.7 Å². The lowest BCUT2D eigenvalue weighted by atomic mass is 9.71. The van der Waals surface area contributed by atoms with Crippen LogP contribution in [-0.2, 0) is 9.59 Å². The van der Waals surface area contributed by atoms with Crippen LogP contribution < -0.4 is 15.4 Å². The SMILES string of the molecule is COc1ccc(NC(=O)CC2CC(C(=O)/C(=N/I)Nc3ccc(F)c(Br)c3)C2)cc1. The average Bonchev–Trinajstić information content (AvgIpc) is 2.71. The molecule has 0 heterocycles. The zero-order valence-corrected chi connectivity index (χ0v) is 19.9. The van der Waals surface area contributed by atoms with Crippen molar-refractivity contribution in [2.45, 2.75) is 19.3 Å². The number of carbonyl (C=O) groups excluding carboxylic acids is 2. The number of nitrogens with zero attached hydrogens (tertiary/aromatic N) is 1. The molecule has 0 bridgehead atoms. The molecule has 3 rings (SSSR count). The van der Waals surface area contributed by atoms with Crippen LogP contribution in [0.2, 0.25) is 0 Å². The molecule has 0 saturated heterocycles. The van der Waals surface area contributed by atoms with Crippen molar-refractivity contribution in [2.24, 2.45) is 15.0 Å². The highest BCUT2D eigenvalue weighted by Crippen LogP contribution is 2.37. The lowest BCUT2D eigenvalue weighted by Crippen LogP contribution is -2.38. The van der Waals surface area contributed by atoms with E-state index in [2.05, 4.69) is 29.8 Å². The van der Waals surface area contributed by atoms with E-state index in [1.165, 1.54) is 6.07 Å². The zero-order chi connectivity index (χ0) is 21.7. The lowest BCUT2D eigenvalue weighted by molar-refractivity contribution is -0.123. The van der Waals surface area contributed by atoms with Gasteiger partial charge in [0, 0.05) is 23.7 Å². The molecule has 0 unspecified atom stereocenters. The maximum atomic E-state index is 13.4. The number of ketones is 1. The van der Waals surface area contributed by atoms with Crippen LogP contribution in [0.4, 0.5) is 15.8 Å². The van der Waals surface area contributed by atoms with Crippen molar-refractivity contribution in [1.29, 1.82) is 0 Å². The monoisotopic (exact) mass is 587 g/mol. The Morgan fingerprint density at radius 1 is 1.17 bits per heavy atom. The summed E-state index contributed by atoms with van der Waals surface area (Å²) in [4.78, 5) is 24.9. The molecule has 2 aromatic rings. The Bertz CT molecular complexity index is 962. The van der Waals surface area contributed by atoms with Crippen molar-refractivity contribution in [3.05, 3.63) is 52.8 Å². The van der Waals surface area contributed by atoms with Crippen molar-refractivity contribution in [3.8, 4) is 5.75 Å². The first-order valence-corrected chi connectivity index (χ1v) is 11.0. The molecule has 158 valence electrons. The Morgan fingerprint density at radius 2 is 1.83 bits per heavy atom. The van der Waals surface area contributed by atoms with Crippen molar-refractivity contribution < 1.29 is 18.7 Å². The number of halogens is 3. The fourth-order valence-corrected chi connectivity index (χ4v) is 4.03. The third-order valence-electron chi connectivity index (χ3n) is 4.95. The highest BCUT2D eigenvalue weighted by molar-refractivity contribution is 14.1. The van der Waals surface area contributed by atoms with Gasteiger partial charge in [-0.25, -0.2) is 4.39 Å². The molecule has 1 aliphatic rings. The van der Waals surface area contributed by atoms with Gasteiger partial charge >= 0.3 is 0 Å². The number of nitrogens with one attached hydrogen (secondary N) is 2. The van der Waals surface area contributed by atoms with Gasteiger partial charge in [-0.05, 0) is 77.2 Å². The Kier molecular flexibility index (Phi) is 7.81. The summed E-state index contributed by atoms with van der Waals surface area (Å²) >= 11 is 4.89. The summed E-state index contributed by atoms with van der Waals surface area (Å²) in [6, 6.07) is 11.5. The topological polar surface area (TPSA) is 79.8 Å². The molecule has 0 radical (unpaired) electrons. The smallest absolute Gasteiger partial charge is 0.224 e. The van der Waals surface area contributed by atoms with E-state index in [4.69, 9.17) is 4.74 Å². The normalized spacial score (nSPS) is 18.3. The molecule has 0 aromatic heterocycles. The first-order valence-electron chi connectivity index (χ1n) is 9.28.